The molecule has 0 fully saturated rings. The van der Waals surface area contributed by atoms with E-state index in [2.05, 4.69) is 111 Å². The Morgan fingerprint density at radius 2 is 0.981 bits per heavy atom. The van der Waals surface area contributed by atoms with Gasteiger partial charge in [0.15, 0.2) is 23.0 Å². The summed E-state index contributed by atoms with van der Waals surface area (Å²) in [6.45, 7) is 14.6. The predicted octanol–water partition coefficient (Wildman–Crippen LogP) is 10.1. The number of Topliss-reactive ketones (excluding diaryl/α,β-unsaturated/α-hetero) is 2. The first kappa shape index (κ1) is 34.7. The first-order valence-electron chi connectivity index (χ1n) is 19.1. The van der Waals surface area contributed by atoms with E-state index in [1.807, 2.05) is 24.3 Å². The van der Waals surface area contributed by atoms with E-state index >= 15 is 0 Å². The Kier molecular flexibility index (Phi) is 8.28. The number of rotatable bonds is 10. The van der Waals surface area contributed by atoms with E-state index in [9.17, 15) is 19.8 Å². The fourth-order valence-electron chi connectivity index (χ4n) is 9.11. The summed E-state index contributed by atoms with van der Waals surface area (Å²) in [5, 5.41) is 27.4. The minimum Gasteiger partial charge on any atom is -0.507 e. The number of unbranched alkanes of at least 4 members (excludes halogenated alkanes) is 2. The van der Waals surface area contributed by atoms with Crippen LogP contribution in [0.2, 0.25) is 0 Å². The molecule has 4 aromatic rings. The topological polar surface area (TPSA) is 80.6 Å². The van der Waals surface area contributed by atoms with Crippen LogP contribution in [0.15, 0.2) is 119 Å². The Hall–Kier alpha value is -5.36. The second kappa shape index (κ2) is 12.6. The molecule has 0 unspecified atom stereocenters. The van der Waals surface area contributed by atoms with E-state index in [0.29, 0.717) is 0 Å². The van der Waals surface area contributed by atoms with Crippen LogP contribution in [0, 0.1) is 0 Å². The molecule has 0 radical (unpaired) electrons. The van der Waals surface area contributed by atoms with Gasteiger partial charge in [-0.05, 0) is 61.4 Å². The Bertz CT molecular complexity index is 2320. The number of carbonyl (C=O) groups is 2. The van der Waals surface area contributed by atoms with Crippen LogP contribution in [-0.4, -0.2) is 55.4 Å². The zero-order valence-electron chi connectivity index (χ0n) is 31.6. The summed E-state index contributed by atoms with van der Waals surface area (Å²) >= 11 is 0. The van der Waals surface area contributed by atoms with Crippen molar-refractivity contribution in [2.75, 3.05) is 13.1 Å². The predicted molar refractivity (Wildman–Crippen MR) is 213 cm³/mol. The molecule has 6 heteroatoms. The normalized spacial score (nSPS) is 20.3. The van der Waals surface area contributed by atoms with Crippen LogP contribution in [0.1, 0.15) is 84.8 Å². The molecule has 268 valence electrons. The SMILES string of the molecule is CCCC[N+]1=C(C=C2C(=O)C(CC3=C(O)C(=CC4=[N+](CCCC)c5ccc6ccccc6c5C4(C)C)C3=O)=C2O)C(C)(C)c2c1ccc1ccccc21. The summed E-state index contributed by atoms with van der Waals surface area (Å²) in [5.41, 5.74) is 6.65. The average molecular weight is 705 g/mol. The molecule has 0 saturated carbocycles. The van der Waals surface area contributed by atoms with E-state index in [0.717, 1.165) is 61.6 Å². The van der Waals surface area contributed by atoms with Gasteiger partial charge in [-0.25, -0.2) is 0 Å². The number of hydrogen-bond donors (Lipinski definition) is 2. The van der Waals surface area contributed by atoms with E-state index < -0.39 is 10.8 Å². The Morgan fingerprint density at radius 3 is 1.36 bits per heavy atom. The van der Waals surface area contributed by atoms with E-state index in [4.69, 9.17) is 0 Å². The van der Waals surface area contributed by atoms with Gasteiger partial charge in [0.2, 0.25) is 11.4 Å². The number of fused-ring (bicyclic) bond motifs is 6. The van der Waals surface area contributed by atoms with Crippen LogP contribution in [0.4, 0.5) is 11.4 Å². The molecule has 8 rings (SSSR count). The zero-order valence-corrected chi connectivity index (χ0v) is 31.6. The quantitative estimate of drug-likeness (QED) is 0.127. The third-order valence-corrected chi connectivity index (χ3v) is 12.0. The van der Waals surface area contributed by atoms with Crippen LogP contribution in [-0.2, 0) is 20.4 Å². The highest BCUT2D eigenvalue weighted by molar-refractivity contribution is 6.27. The van der Waals surface area contributed by atoms with Crippen LogP contribution < -0.4 is 0 Å². The van der Waals surface area contributed by atoms with Crippen molar-refractivity contribution in [2.45, 2.75) is 84.5 Å². The molecule has 0 amide bonds. The lowest BCUT2D eigenvalue weighted by Gasteiger charge is -2.27. The summed E-state index contributed by atoms with van der Waals surface area (Å²) < 4.78 is 4.59. The first-order valence-corrected chi connectivity index (χ1v) is 19.1. The highest BCUT2D eigenvalue weighted by Gasteiger charge is 2.50. The molecule has 2 aliphatic heterocycles. The summed E-state index contributed by atoms with van der Waals surface area (Å²) in [5.74, 6) is -0.766. The van der Waals surface area contributed by atoms with Crippen molar-refractivity contribution in [3.8, 4) is 0 Å². The third-order valence-electron chi connectivity index (χ3n) is 12.0. The van der Waals surface area contributed by atoms with Crippen molar-refractivity contribution in [1.82, 2.24) is 0 Å². The molecule has 53 heavy (non-hydrogen) atoms. The van der Waals surface area contributed by atoms with Crippen LogP contribution >= 0.6 is 0 Å². The fourth-order valence-corrected chi connectivity index (χ4v) is 9.11. The average Bonchev–Trinajstić information content (AvgIpc) is 3.51. The molecule has 4 aromatic carbocycles. The number of aliphatic hydroxyl groups excluding tert-OH is 2. The second-order valence-electron chi connectivity index (χ2n) is 16.0. The van der Waals surface area contributed by atoms with Crippen molar-refractivity contribution in [3.63, 3.8) is 0 Å². The second-order valence-corrected chi connectivity index (χ2v) is 16.0. The maximum Gasteiger partial charge on any atom is 0.210 e. The van der Waals surface area contributed by atoms with Gasteiger partial charge >= 0.3 is 0 Å². The van der Waals surface area contributed by atoms with Gasteiger partial charge in [0.1, 0.15) is 24.6 Å². The van der Waals surface area contributed by atoms with E-state index in [-0.39, 0.29) is 51.8 Å². The minimum atomic E-state index is -0.416. The lowest BCUT2D eigenvalue weighted by molar-refractivity contribution is -0.438. The molecule has 2 N–H and O–H groups in total. The summed E-state index contributed by atoms with van der Waals surface area (Å²) in [6, 6.07) is 25.4. The van der Waals surface area contributed by atoms with Crippen LogP contribution in [0.3, 0.4) is 0 Å². The highest BCUT2D eigenvalue weighted by Crippen LogP contribution is 2.48. The number of aliphatic hydroxyl groups is 2. The zero-order chi connectivity index (χ0) is 37.4. The van der Waals surface area contributed by atoms with Crippen molar-refractivity contribution < 1.29 is 29.0 Å². The number of ketones is 2. The van der Waals surface area contributed by atoms with Gasteiger partial charge in [0.25, 0.3) is 0 Å². The van der Waals surface area contributed by atoms with Crippen molar-refractivity contribution in [2.24, 2.45) is 0 Å². The van der Waals surface area contributed by atoms with Gasteiger partial charge in [-0.15, -0.1) is 0 Å². The fraction of sp³-hybridized carbons (Fsp3) is 0.319. The Morgan fingerprint density at radius 1 is 0.585 bits per heavy atom. The number of nitrogens with zero attached hydrogens (tertiary/aromatic N) is 2. The van der Waals surface area contributed by atoms with Crippen LogP contribution in [0.5, 0.6) is 0 Å². The number of hydrogen-bond acceptors (Lipinski definition) is 4. The Labute approximate surface area is 311 Å². The molecule has 0 saturated heterocycles. The summed E-state index contributed by atoms with van der Waals surface area (Å²) in [7, 11) is 0. The highest BCUT2D eigenvalue weighted by atomic mass is 16.3. The van der Waals surface area contributed by atoms with Crippen LogP contribution in [0.25, 0.3) is 21.5 Å². The minimum absolute atomic E-state index is 0.0977. The maximum atomic E-state index is 13.7. The van der Waals surface area contributed by atoms with Gasteiger partial charge in [0, 0.05) is 65.8 Å². The van der Waals surface area contributed by atoms with Crippen molar-refractivity contribution in [1.29, 1.82) is 0 Å². The number of carbonyl (C=O) groups excluding carboxylic acids is 2. The lowest BCUT2D eigenvalue weighted by atomic mass is 9.74. The van der Waals surface area contributed by atoms with Crippen molar-refractivity contribution in [3.05, 3.63) is 130 Å². The first-order chi connectivity index (χ1) is 25.4. The van der Waals surface area contributed by atoms with Gasteiger partial charge in [-0.2, -0.15) is 9.15 Å². The largest absolute Gasteiger partial charge is 0.507 e. The molecule has 2 heterocycles. The molecule has 0 atom stereocenters. The lowest BCUT2D eigenvalue weighted by Crippen LogP contribution is -2.33. The molecular weight excluding hydrogens is 657 g/mol. The molecule has 6 nitrogen and oxygen atoms in total. The molecular formula is C47H48N2O4+2. The summed E-state index contributed by atoms with van der Waals surface area (Å²) in [6.07, 6.45) is 7.61. The van der Waals surface area contributed by atoms with Gasteiger partial charge in [0.05, 0.1) is 22.0 Å². The molecule has 4 aliphatic rings. The van der Waals surface area contributed by atoms with E-state index in [1.54, 1.807) is 0 Å². The number of allylic oxidation sites excluding steroid dienone is 6. The van der Waals surface area contributed by atoms with Gasteiger partial charge in [-0.3, -0.25) is 9.59 Å². The monoisotopic (exact) mass is 704 g/mol. The molecule has 0 aromatic heterocycles. The van der Waals surface area contributed by atoms with E-state index in [1.165, 1.54) is 32.7 Å². The molecule has 0 bridgehead atoms. The maximum absolute atomic E-state index is 13.7. The third kappa shape index (κ3) is 5.13. The van der Waals surface area contributed by atoms with Gasteiger partial charge in [-0.1, -0.05) is 75.2 Å². The number of benzene rings is 4. The standard InChI is InChI=1S/C47H46N2O4/c1-7-9-23-48-36-21-19-28-15-11-13-17-30(28)40(36)46(3,4)38(48)26-34-42(50)32(43(34)51)25-33-44(52)35(45(33)53)27-39-47(5,6)41-31-18-14-12-16-29(31)20-22-37(41)49(39)24-10-8-2/h11-22,26-27H,7-10,23-25H2,1-6H3/p+2. The molecule has 0 spiro atoms. The smallest absolute Gasteiger partial charge is 0.210 e. The van der Waals surface area contributed by atoms with Gasteiger partial charge < -0.3 is 10.2 Å². The van der Waals surface area contributed by atoms with Crippen molar-refractivity contribution >= 4 is 55.9 Å². The Balaban J connectivity index is 1.13. The summed E-state index contributed by atoms with van der Waals surface area (Å²) in [4.78, 5) is 27.5. The molecule has 2 aliphatic carbocycles.